The topological polar surface area (TPSA) is 66.4 Å². The molecule has 20 heavy (non-hydrogen) atoms. The molecule has 0 aliphatic heterocycles. The van der Waals surface area contributed by atoms with E-state index in [1.807, 2.05) is 13.8 Å². The molecular weight excluding hydrogens is 254 g/mol. The van der Waals surface area contributed by atoms with Crippen LogP contribution < -0.4 is 5.32 Å². The van der Waals surface area contributed by atoms with E-state index in [0.29, 0.717) is 11.3 Å². The Hall–Kier alpha value is -1.84. The van der Waals surface area contributed by atoms with Gasteiger partial charge in [0.05, 0.1) is 5.56 Å². The lowest BCUT2D eigenvalue weighted by Gasteiger charge is -2.23. The van der Waals surface area contributed by atoms with Gasteiger partial charge in [-0.25, -0.2) is 4.79 Å². The Morgan fingerprint density at radius 3 is 2.30 bits per heavy atom. The standard InChI is InChI=1S/C16H21NO3/c1-10-8-11(2)13(9-12(10)14(18)19)17-15(20)16(3)6-4-5-7-16/h8-9H,4-7H2,1-3H3,(H,17,20)(H,18,19). The number of carbonyl (C=O) groups excluding carboxylic acids is 1. The lowest BCUT2D eigenvalue weighted by molar-refractivity contribution is -0.124. The van der Waals surface area contributed by atoms with Crippen molar-refractivity contribution in [2.45, 2.75) is 46.5 Å². The van der Waals surface area contributed by atoms with Crippen LogP contribution in [0.3, 0.4) is 0 Å². The predicted molar refractivity (Wildman–Crippen MR) is 78.1 cm³/mol. The first-order chi connectivity index (χ1) is 9.33. The number of aryl methyl sites for hydroxylation is 2. The highest BCUT2D eigenvalue weighted by atomic mass is 16.4. The molecular formula is C16H21NO3. The summed E-state index contributed by atoms with van der Waals surface area (Å²) in [5.74, 6) is -0.969. The van der Waals surface area contributed by atoms with Gasteiger partial charge in [-0.3, -0.25) is 4.79 Å². The highest BCUT2D eigenvalue weighted by Crippen LogP contribution is 2.38. The molecule has 0 spiro atoms. The average molecular weight is 275 g/mol. The van der Waals surface area contributed by atoms with Crippen molar-refractivity contribution in [2.24, 2.45) is 5.41 Å². The van der Waals surface area contributed by atoms with Crippen LogP contribution in [-0.2, 0) is 4.79 Å². The monoisotopic (exact) mass is 275 g/mol. The Morgan fingerprint density at radius 1 is 1.15 bits per heavy atom. The third kappa shape index (κ3) is 2.69. The van der Waals surface area contributed by atoms with Crippen LogP contribution in [0.15, 0.2) is 12.1 Å². The first-order valence-electron chi connectivity index (χ1n) is 6.99. The van der Waals surface area contributed by atoms with Crippen LogP contribution in [0, 0.1) is 19.3 Å². The number of carbonyl (C=O) groups is 2. The average Bonchev–Trinajstić information content (AvgIpc) is 2.80. The lowest BCUT2D eigenvalue weighted by Crippen LogP contribution is -2.31. The molecule has 1 amide bonds. The maximum Gasteiger partial charge on any atom is 0.336 e. The number of hydrogen-bond acceptors (Lipinski definition) is 2. The summed E-state index contributed by atoms with van der Waals surface area (Å²) in [5, 5.41) is 12.1. The summed E-state index contributed by atoms with van der Waals surface area (Å²) >= 11 is 0. The number of rotatable bonds is 3. The number of hydrogen-bond donors (Lipinski definition) is 2. The fourth-order valence-corrected chi connectivity index (χ4v) is 2.87. The first-order valence-corrected chi connectivity index (χ1v) is 6.99. The summed E-state index contributed by atoms with van der Waals surface area (Å²) < 4.78 is 0. The van der Waals surface area contributed by atoms with E-state index in [1.165, 1.54) is 0 Å². The maximum absolute atomic E-state index is 12.4. The highest BCUT2D eigenvalue weighted by molar-refractivity contribution is 5.98. The van der Waals surface area contributed by atoms with Gasteiger partial charge >= 0.3 is 5.97 Å². The van der Waals surface area contributed by atoms with Gasteiger partial charge in [-0.05, 0) is 43.9 Å². The first kappa shape index (κ1) is 14.6. The van der Waals surface area contributed by atoms with E-state index in [1.54, 1.807) is 19.1 Å². The third-order valence-corrected chi connectivity index (χ3v) is 4.31. The molecule has 1 fully saturated rings. The lowest BCUT2D eigenvalue weighted by atomic mass is 9.87. The SMILES string of the molecule is Cc1cc(C)c(C(=O)O)cc1NC(=O)C1(C)CCCC1. The molecule has 0 unspecified atom stereocenters. The smallest absolute Gasteiger partial charge is 0.336 e. The minimum atomic E-state index is -0.968. The molecule has 1 aromatic rings. The van der Waals surface area contributed by atoms with E-state index in [9.17, 15) is 9.59 Å². The van der Waals surface area contributed by atoms with Crippen molar-refractivity contribution in [1.29, 1.82) is 0 Å². The second-order valence-corrected chi connectivity index (χ2v) is 6.01. The van der Waals surface area contributed by atoms with Crippen molar-refractivity contribution in [2.75, 3.05) is 5.32 Å². The van der Waals surface area contributed by atoms with Crippen LogP contribution in [0.5, 0.6) is 0 Å². The number of amides is 1. The van der Waals surface area contributed by atoms with E-state index in [4.69, 9.17) is 5.11 Å². The van der Waals surface area contributed by atoms with E-state index in [-0.39, 0.29) is 16.9 Å². The van der Waals surface area contributed by atoms with Crippen molar-refractivity contribution < 1.29 is 14.7 Å². The molecule has 0 saturated heterocycles. The molecule has 1 aliphatic carbocycles. The molecule has 2 N–H and O–H groups in total. The van der Waals surface area contributed by atoms with Gasteiger partial charge in [0.2, 0.25) is 5.91 Å². The number of anilines is 1. The third-order valence-electron chi connectivity index (χ3n) is 4.31. The molecule has 0 atom stereocenters. The fraction of sp³-hybridized carbons (Fsp3) is 0.500. The fourth-order valence-electron chi connectivity index (χ4n) is 2.87. The molecule has 1 saturated carbocycles. The molecule has 0 radical (unpaired) electrons. The van der Waals surface area contributed by atoms with E-state index in [0.717, 1.165) is 31.2 Å². The van der Waals surface area contributed by atoms with Gasteiger partial charge in [0.1, 0.15) is 0 Å². The van der Waals surface area contributed by atoms with Crippen molar-refractivity contribution in [3.63, 3.8) is 0 Å². The maximum atomic E-state index is 12.4. The molecule has 2 rings (SSSR count). The van der Waals surface area contributed by atoms with Gasteiger partial charge in [-0.15, -0.1) is 0 Å². The van der Waals surface area contributed by atoms with Crippen LogP contribution in [0.1, 0.15) is 54.1 Å². The van der Waals surface area contributed by atoms with Crippen LogP contribution in [0.25, 0.3) is 0 Å². The van der Waals surface area contributed by atoms with Crippen molar-refractivity contribution in [3.05, 3.63) is 28.8 Å². The van der Waals surface area contributed by atoms with Crippen molar-refractivity contribution >= 4 is 17.6 Å². The van der Waals surface area contributed by atoms with Crippen molar-refractivity contribution in [1.82, 2.24) is 0 Å². The van der Waals surface area contributed by atoms with Crippen LogP contribution >= 0.6 is 0 Å². The molecule has 0 bridgehead atoms. The Morgan fingerprint density at radius 2 is 1.75 bits per heavy atom. The van der Waals surface area contributed by atoms with Gasteiger partial charge in [0.15, 0.2) is 0 Å². The van der Waals surface area contributed by atoms with Crippen LogP contribution in [-0.4, -0.2) is 17.0 Å². The van der Waals surface area contributed by atoms with Crippen LogP contribution in [0.2, 0.25) is 0 Å². The zero-order valence-electron chi connectivity index (χ0n) is 12.2. The number of carboxylic acid groups (broad SMARTS) is 1. The van der Waals surface area contributed by atoms with E-state index < -0.39 is 5.97 Å². The normalized spacial score (nSPS) is 16.9. The molecule has 4 heteroatoms. The summed E-state index contributed by atoms with van der Waals surface area (Å²) in [7, 11) is 0. The van der Waals surface area contributed by atoms with E-state index >= 15 is 0 Å². The molecule has 108 valence electrons. The molecule has 1 aliphatic rings. The molecule has 1 aromatic carbocycles. The zero-order chi connectivity index (χ0) is 14.9. The number of nitrogens with one attached hydrogen (secondary N) is 1. The molecule has 0 aromatic heterocycles. The van der Waals surface area contributed by atoms with Gasteiger partial charge in [-0.2, -0.15) is 0 Å². The summed E-state index contributed by atoms with van der Waals surface area (Å²) in [6, 6.07) is 3.36. The largest absolute Gasteiger partial charge is 0.478 e. The highest BCUT2D eigenvalue weighted by Gasteiger charge is 2.36. The molecule has 0 heterocycles. The minimum Gasteiger partial charge on any atom is -0.478 e. The number of carboxylic acids is 1. The molecule has 4 nitrogen and oxygen atoms in total. The Bertz CT molecular complexity index is 557. The second-order valence-electron chi connectivity index (χ2n) is 6.01. The van der Waals surface area contributed by atoms with Gasteiger partial charge in [-0.1, -0.05) is 25.8 Å². The van der Waals surface area contributed by atoms with E-state index in [2.05, 4.69) is 5.32 Å². The quantitative estimate of drug-likeness (QED) is 0.887. The van der Waals surface area contributed by atoms with Crippen molar-refractivity contribution in [3.8, 4) is 0 Å². The predicted octanol–water partition coefficient (Wildman–Crippen LogP) is 3.52. The minimum absolute atomic E-state index is 0.00158. The number of benzene rings is 1. The summed E-state index contributed by atoms with van der Waals surface area (Å²) in [5.41, 5.74) is 2.12. The van der Waals surface area contributed by atoms with Crippen LogP contribution in [0.4, 0.5) is 5.69 Å². The summed E-state index contributed by atoms with van der Waals surface area (Å²) in [6.07, 6.45) is 3.96. The van der Waals surface area contributed by atoms with Gasteiger partial charge < -0.3 is 10.4 Å². The summed E-state index contributed by atoms with van der Waals surface area (Å²) in [6.45, 7) is 5.63. The number of aromatic carboxylic acids is 1. The summed E-state index contributed by atoms with van der Waals surface area (Å²) in [4.78, 5) is 23.6. The Labute approximate surface area is 119 Å². The Balaban J connectivity index is 2.27. The van der Waals surface area contributed by atoms with Gasteiger partial charge in [0, 0.05) is 11.1 Å². The zero-order valence-corrected chi connectivity index (χ0v) is 12.2. The van der Waals surface area contributed by atoms with Gasteiger partial charge in [0.25, 0.3) is 0 Å². The second kappa shape index (κ2) is 5.27. The Kier molecular flexibility index (Phi) is 3.84.